The second-order valence-corrected chi connectivity index (χ2v) is 8.55. The van der Waals surface area contributed by atoms with E-state index < -0.39 is 6.55 Å². The summed E-state index contributed by atoms with van der Waals surface area (Å²) in [4.78, 5) is 0. The van der Waals surface area contributed by atoms with Gasteiger partial charge in [0, 0.05) is 11.2 Å². The lowest BCUT2D eigenvalue weighted by Crippen LogP contribution is -2.55. The third-order valence-corrected chi connectivity index (χ3v) is 6.67. The molecule has 2 aliphatic carbocycles. The van der Waals surface area contributed by atoms with Crippen molar-refractivity contribution in [3.63, 3.8) is 0 Å². The average Bonchev–Trinajstić information content (AvgIpc) is 3.24. The Morgan fingerprint density at radius 3 is 2.09 bits per heavy atom. The number of benzene rings is 1. The van der Waals surface area contributed by atoms with Crippen LogP contribution in [0, 0.1) is 12.8 Å². The lowest BCUT2D eigenvalue weighted by molar-refractivity contribution is 0.00578. The zero-order chi connectivity index (χ0) is 16.0. The van der Waals surface area contributed by atoms with E-state index in [2.05, 4.69) is 52.8 Å². The molecule has 1 saturated heterocycles. The molecule has 0 N–H and O–H groups in total. The molecule has 1 aromatic rings. The van der Waals surface area contributed by atoms with Gasteiger partial charge >= 0.3 is 0 Å². The highest BCUT2D eigenvalue weighted by molar-refractivity contribution is 6.87. The van der Waals surface area contributed by atoms with E-state index in [4.69, 9.17) is 14.0 Å². The molecule has 3 aliphatic rings. The van der Waals surface area contributed by atoms with Crippen molar-refractivity contribution in [2.75, 3.05) is 7.11 Å². The Balaban J connectivity index is 1.90. The monoisotopic (exact) mass is 301 g/mol. The molecule has 0 bridgehead atoms. The predicted molar refractivity (Wildman–Crippen MR) is 88.9 cm³/mol. The van der Waals surface area contributed by atoms with Gasteiger partial charge in [-0.25, -0.2) is 0 Å². The number of aryl methyl sites for hydroxylation is 1. The third kappa shape index (κ3) is 1.60. The van der Waals surface area contributed by atoms with Gasteiger partial charge in [0.05, 0.1) is 12.9 Å². The molecular formula is C18H26BO3-. The maximum absolute atomic E-state index is 6.76. The first kappa shape index (κ1) is 14.6. The quantitative estimate of drug-likeness (QED) is 0.801. The highest BCUT2D eigenvalue weighted by Crippen LogP contribution is 2.87. The molecule has 0 aromatic heterocycles. The summed E-state index contributed by atoms with van der Waals surface area (Å²) in [6.45, 7) is 9.21. The van der Waals surface area contributed by atoms with Crippen molar-refractivity contribution < 1.29 is 14.0 Å². The van der Waals surface area contributed by atoms with Crippen LogP contribution in [0.1, 0.15) is 46.1 Å². The lowest BCUT2D eigenvalue weighted by Gasteiger charge is -2.42. The van der Waals surface area contributed by atoms with Crippen molar-refractivity contribution in [3.05, 3.63) is 23.8 Å². The predicted octanol–water partition coefficient (Wildman–Crippen LogP) is 3.42. The molecule has 4 rings (SSSR count). The first-order valence-electron chi connectivity index (χ1n) is 8.37. The number of hydrogen-bond acceptors (Lipinski definition) is 3. The molecule has 120 valence electrons. The van der Waals surface area contributed by atoms with Gasteiger partial charge in [0.2, 0.25) is 0 Å². The Hall–Kier alpha value is -0.995. The number of rotatable bonds is 3. The molecule has 0 atom stereocenters. The summed E-state index contributed by atoms with van der Waals surface area (Å²) < 4.78 is 19.2. The van der Waals surface area contributed by atoms with Crippen LogP contribution in [0.15, 0.2) is 18.2 Å². The number of hydrogen-bond donors (Lipinski definition) is 0. The molecule has 3 fully saturated rings. The van der Waals surface area contributed by atoms with E-state index >= 15 is 0 Å². The Kier molecular flexibility index (Phi) is 2.59. The molecule has 4 heteroatoms. The molecular weight excluding hydrogens is 275 g/mol. The van der Waals surface area contributed by atoms with E-state index in [1.54, 1.807) is 7.11 Å². The van der Waals surface area contributed by atoms with Crippen LogP contribution < -0.4 is 10.2 Å². The number of methoxy groups -OCH3 is 1. The molecule has 22 heavy (non-hydrogen) atoms. The van der Waals surface area contributed by atoms with Gasteiger partial charge in [0.25, 0.3) is 6.55 Å². The highest BCUT2D eigenvalue weighted by Gasteiger charge is 2.79. The van der Waals surface area contributed by atoms with Crippen LogP contribution in [-0.4, -0.2) is 24.9 Å². The first-order valence-corrected chi connectivity index (χ1v) is 8.37. The fourth-order valence-electron chi connectivity index (χ4n) is 4.32. The largest absolute Gasteiger partial charge is 0.558 e. The Morgan fingerprint density at radius 2 is 1.64 bits per heavy atom. The maximum atomic E-state index is 6.76. The summed E-state index contributed by atoms with van der Waals surface area (Å²) in [5.74, 6) is 1.67. The van der Waals surface area contributed by atoms with Gasteiger partial charge in [0.1, 0.15) is 0 Å². The molecule has 1 heterocycles. The number of ether oxygens (including phenoxy) is 1. The van der Waals surface area contributed by atoms with Gasteiger partial charge in [-0.3, -0.25) is 0 Å². The van der Waals surface area contributed by atoms with Crippen LogP contribution in [0.4, 0.5) is 0 Å². The maximum Gasteiger partial charge on any atom is 0.280 e. The summed E-state index contributed by atoms with van der Waals surface area (Å²) in [6.07, 6.45) is 2.46. The van der Waals surface area contributed by atoms with E-state index in [1.807, 2.05) is 0 Å². The SMILES string of the molecule is COc1ccc(C)cc1[B-]1(C23CC2C3)OC(C)(C)C(C)(C)O1. The third-order valence-electron chi connectivity index (χ3n) is 6.67. The van der Waals surface area contributed by atoms with Crippen molar-refractivity contribution in [2.45, 2.75) is 64.0 Å². The zero-order valence-corrected chi connectivity index (χ0v) is 14.5. The van der Waals surface area contributed by atoms with Crippen molar-refractivity contribution in [1.82, 2.24) is 0 Å². The summed E-state index contributed by atoms with van der Waals surface area (Å²) in [5, 5.41) is 0.228. The minimum Gasteiger partial charge on any atom is -0.558 e. The fourth-order valence-corrected chi connectivity index (χ4v) is 4.32. The fraction of sp³-hybridized carbons (Fsp3) is 0.667. The van der Waals surface area contributed by atoms with Gasteiger partial charge in [-0.2, -0.15) is 0 Å². The Morgan fingerprint density at radius 1 is 1.09 bits per heavy atom. The van der Waals surface area contributed by atoms with Gasteiger partial charge < -0.3 is 14.0 Å². The summed E-state index contributed by atoms with van der Waals surface area (Å²) in [7, 11) is 1.73. The lowest BCUT2D eigenvalue weighted by atomic mass is 9.42. The van der Waals surface area contributed by atoms with Crippen LogP contribution in [0.3, 0.4) is 0 Å². The number of fused-ring (bicyclic) bond motifs is 1. The van der Waals surface area contributed by atoms with Gasteiger partial charge in [-0.1, -0.05) is 41.8 Å². The summed E-state index contributed by atoms with van der Waals surface area (Å²) >= 11 is 0. The van der Waals surface area contributed by atoms with E-state index in [0.717, 1.165) is 17.1 Å². The summed E-state index contributed by atoms with van der Waals surface area (Å²) in [5.41, 5.74) is 1.72. The average molecular weight is 301 g/mol. The molecule has 3 nitrogen and oxygen atoms in total. The second-order valence-electron chi connectivity index (χ2n) is 8.55. The van der Waals surface area contributed by atoms with Crippen LogP contribution in [-0.2, 0) is 9.31 Å². The second kappa shape index (κ2) is 3.91. The van der Waals surface area contributed by atoms with Crippen molar-refractivity contribution in [1.29, 1.82) is 0 Å². The van der Waals surface area contributed by atoms with E-state index in [-0.39, 0.29) is 16.5 Å². The molecule has 1 aromatic carbocycles. The van der Waals surface area contributed by atoms with Gasteiger partial charge in [-0.15, -0.1) is 5.46 Å². The molecule has 0 spiro atoms. The summed E-state index contributed by atoms with van der Waals surface area (Å²) in [6, 6.07) is 6.35. The van der Waals surface area contributed by atoms with Crippen LogP contribution in [0.2, 0.25) is 5.31 Å². The molecule has 2 saturated carbocycles. The van der Waals surface area contributed by atoms with Gasteiger partial charge in [0.15, 0.2) is 0 Å². The van der Waals surface area contributed by atoms with Crippen molar-refractivity contribution in [2.24, 2.45) is 5.92 Å². The molecule has 0 radical (unpaired) electrons. The van der Waals surface area contributed by atoms with Crippen molar-refractivity contribution in [3.8, 4) is 5.75 Å². The standard InChI is InChI=1S/C18H26BO3/c1-12-7-8-15(20-6)14(9-12)19(18-10-13(18)11-18)21-16(2,3)17(4,5)22-19/h7-9,13H,10-11H2,1-6H3/q-1. The molecule has 0 amide bonds. The minimum atomic E-state index is -1.50. The zero-order valence-electron chi connectivity index (χ0n) is 14.5. The highest BCUT2D eigenvalue weighted by atomic mass is 16.7. The Bertz CT molecular complexity index is 628. The topological polar surface area (TPSA) is 27.7 Å². The van der Waals surface area contributed by atoms with E-state index in [1.165, 1.54) is 18.4 Å². The van der Waals surface area contributed by atoms with Crippen molar-refractivity contribution >= 4 is 12.0 Å². The van der Waals surface area contributed by atoms with Gasteiger partial charge in [-0.05, 0) is 40.7 Å². The van der Waals surface area contributed by atoms with Crippen LogP contribution >= 0.6 is 0 Å². The van der Waals surface area contributed by atoms with Crippen LogP contribution in [0.5, 0.6) is 5.75 Å². The minimum absolute atomic E-state index is 0.228. The normalized spacial score (nSPS) is 35.8. The van der Waals surface area contributed by atoms with E-state index in [0.29, 0.717) is 0 Å². The molecule has 0 unspecified atom stereocenters. The smallest absolute Gasteiger partial charge is 0.280 e. The Labute approximate surface area is 133 Å². The van der Waals surface area contributed by atoms with Crippen LogP contribution in [0.25, 0.3) is 0 Å². The first-order chi connectivity index (χ1) is 10.2. The van der Waals surface area contributed by atoms with E-state index in [9.17, 15) is 0 Å². The molecule has 1 aliphatic heterocycles.